The fourth-order valence-electron chi connectivity index (χ4n) is 2.98. The molecule has 0 aliphatic heterocycles. The monoisotopic (exact) mass is 426 g/mol. The maximum Gasteiger partial charge on any atom is 0.283 e. The Kier molecular flexibility index (Phi) is 5.28. The Balaban J connectivity index is 1.55. The molecule has 0 spiro atoms. The number of anilines is 1. The second kappa shape index (κ2) is 8.03. The Morgan fingerprint density at radius 3 is 2.80 bits per heavy atom. The molecule has 0 aliphatic carbocycles. The highest BCUT2D eigenvalue weighted by atomic mass is 35.5. The van der Waals surface area contributed by atoms with Gasteiger partial charge in [0.1, 0.15) is 18.7 Å². The van der Waals surface area contributed by atoms with Crippen molar-refractivity contribution in [3.8, 4) is 0 Å². The molecule has 152 valence electrons. The number of hydrogen-bond acceptors (Lipinski definition) is 5. The minimum atomic E-state index is -0.589. The third-order valence-corrected chi connectivity index (χ3v) is 4.88. The van der Waals surface area contributed by atoms with Crippen molar-refractivity contribution in [2.45, 2.75) is 20.0 Å². The Morgan fingerprint density at radius 2 is 2.03 bits per heavy atom. The molecule has 1 N–H and O–H groups in total. The molecule has 2 aromatic carbocycles. The van der Waals surface area contributed by atoms with Crippen molar-refractivity contribution in [2.75, 3.05) is 5.32 Å². The zero-order valence-electron chi connectivity index (χ0n) is 15.8. The SMILES string of the molecule is Cc1ccccc1Cn1nnc2c(=O)n(CC(=O)Nc3ccc(F)c(Cl)c3)cnc21. The largest absolute Gasteiger partial charge is 0.324 e. The minimum Gasteiger partial charge on any atom is -0.324 e. The molecule has 0 radical (unpaired) electrons. The molecule has 0 bridgehead atoms. The van der Waals surface area contributed by atoms with Crippen LogP contribution in [0.4, 0.5) is 10.1 Å². The first-order chi connectivity index (χ1) is 14.4. The van der Waals surface area contributed by atoms with Gasteiger partial charge in [-0.3, -0.25) is 14.2 Å². The molecular weight excluding hydrogens is 411 g/mol. The molecule has 0 saturated heterocycles. The lowest BCUT2D eigenvalue weighted by Gasteiger charge is -2.08. The van der Waals surface area contributed by atoms with E-state index in [9.17, 15) is 14.0 Å². The number of nitrogens with zero attached hydrogens (tertiary/aromatic N) is 5. The van der Waals surface area contributed by atoms with Crippen LogP contribution in [0, 0.1) is 12.7 Å². The summed E-state index contributed by atoms with van der Waals surface area (Å²) >= 11 is 5.71. The van der Waals surface area contributed by atoms with Gasteiger partial charge in [0.05, 0.1) is 11.6 Å². The van der Waals surface area contributed by atoms with Crippen LogP contribution in [0.25, 0.3) is 11.2 Å². The van der Waals surface area contributed by atoms with Gasteiger partial charge in [-0.15, -0.1) is 5.10 Å². The lowest BCUT2D eigenvalue weighted by Crippen LogP contribution is -2.28. The Morgan fingerprint density at radius 1 is 1.23 bits per heavy atom. The summed E-state index contributed by atoms with van der Waals surface area (Å²) in [5, 5.41) is 10.4. The lowest BCUT2D eigenvalue weighted by molar-refractivity contribution is -0.116. The molecule has 0 fully saturated rings. The van der Waals surface area contributed by atoms with Crippen molar-refractivity contribution in [3.63, 3.8) is 0 Å². The van der Waals surface area contributed by atoms with Gasteiger partial charge in [-0.05, 0) is 36.2 Å². The van der Waals surface area contributed by atoms with Crippen LogP contribution in [0.3, 0.4) is 0 Å². The zero-order chi connectivity index (χ0) is 21.3. The maximum absolute atomic E-state index is 13.2. The number of amides is 1. The molecule has 0 unspecified atom stereocenters. The number of hydrogen-bond donors (Lipinski definition) is 1. The molecule has 0 atom stereocenters. The lowest BCUT2D eigenvalue weighted by atomic mass is 10.1. The summed E-state index contributed by atoms with van der Waals surface area (Å²) in [7, 11) is 0. The first-order valence-electron chi connectivity index (χ1n) is 9.00. The molecule has 10 heteroatoms. The van der Waals surface area contributed by atoms with E-state index in [-0.39, 0.29) is 17.1 Å². The van der Waals surface area contributed by atoms with E-state index in [0.717, 1.165) is 21.8 Å². The Bertz CT molecular complexity index is 1320. The van der Waals surface area contributed by atoms with Gasteiger partial charge in [-0.25, -0.2) is 14.1 Å². The van der Waals surface area contributed by atoms with E-state index in [1.54, 1.807) is 4.68 Å². The van der Waals surface area contributed by atoms with Gasteiger partial charge in [0.25, 0.3) is 5.56 Å². The van der Waals surface area contributed by atoms with Crippen molar-refractivity contribution in [3.05, 3.63) is 81.1 Å². The second-order valence-electron chi connectivity index (χ2n) is 6.70. The van der Waals surface area contributed by atoms with Crippen molar-refractivity contribution in [2.24, 2.45) is 0 Å². The van der Waals surface area contributed by atoms with Gasteiger partial charge in [-0.2, -0.15) is 0 Å². The van der Waals surface area contributed by atoms with Crippen molar-refractivity contribution < 1.29 is 9.18 Å². The van der Waals surface area contributed by atoms with E-state index in [2.05, 4.69) is 20.6 Å². The van der Waals surface area contributed by atoms with Crippen molar-refractivity contribution in [1.29, 1.82) is 0 Å². The van der Waals surface area contributed by atoms with Crippen LogP contribution >= 0.6 is 11.6 Å². The van der Waals surface area contributed by atoms with Gasteiger partial charge in [0, 0.05) is 5.69 Å². The standard InChI is InChI=1S/C20H16ClFN6O2/c1-12-4-2-3-5-13(12)9-28-19-18(25-26-28)20(30)27(11-23-19)10-17(29)24-14-6-7-16(22)15(21)8-14/h2-8,11H,9-10H2,1H3,(H,24,29). The van der Waals surface area contributed by atoms with Gasteiger partial charge >= 0.3 is 0 Å². The average molecular weight is 427 g/mol. The normalized spacial score (nSPS) is 11.0. The van der Waals surface area contributed by atoms with Crippen molar-refractivity contribution >= 4 is 34.4 Å². The highest BCUT2D eigenvalue weighted by Gasteiger charge is 2.15. The van der Waals surface area contributed by atoms with E-state index < -0.39 is 17.3 Å². The smallest absolute Gasteiger partial charge is 0.283 e. The molecule has 30 heavy (non-hydrogen) atoms. The second-order valence-corrected chi connectivity index (χ2v) is 7.11. The summed E-state index contributed by atoms with van der Waals surface area (Å²) in [5.41, 5.74) is 2.37. The van der Waals surface area contributed by atoms with Crippen LogP contribution in [-0.4, -0.2) is 30.5 Å². The van der Waals surface area contributed by atoms with Crippen LogP contribution in [0.2, 0.25) is 5.02 Å². The van der Waals surface area contributed by atoms with Crippen LogP contribution in [0.1, 0.15) is 11.1 Å². The third kappa shape index (κ3) is 3.92. The summed E-state index contributed by atoms with van der Waals surface area (Å²) in [6, 6.07) is 11.6. The summed E-state index contributed by atoms with van der Waals surface area (Å²) in [6.07, 6.45) is 1.28. The highest BCUT2D eigenvalue weighted by molar-refractivity contribution is 6.31. The molecule has 1 amide bonds. The van der Waals surface area contributed by atoms with Gasteiger partial charge in [-0.1, -0.05) is 41.1 Å². The van der Waals surface area contributed by atoms with E-state index in [1.807, 2.05) is 31.2 Å². The summed E-state index contributed by atoms with van der Waals surface area (Å²) in [5.74, 6) is -1.08. The quantitative estimate of drug-likeness (QED) is 0.529. The Hall–Kier alpha value is -3.59. The highest BCUT2D eigenvalue weighted by Crippen LogP contribution is 2.19. The van der Waals surface area contributed by atoms with E-state index in [0.29, 0.717) is 17.9 Å². The van der Waals surface area contributed by atoms with E-state index in [1.165, 1.54) is 18.5 Å². The van der Waals surface area contributed by atoms with Crippen molar-refractivity contribution in [1.82, 2.24) is 24.5 Å². The first kappa shape index (κ1) is 19.7. The zero-order valence-corrected chi connectivity index (χ0v) is 16.6. The number of benzene rings is 2. The number of carbonyl (C=O) groups excluding carboxylic acids is 1. The van der Waals surface area contributed by atoms with E-state index in [4.69, 9.17) is 11.6 Å². The van der Waals surface area contributed by atoms with Gasteiger partial charge in [0.2, 0.25) is 5.91 Å². The number of rotatable bonds is 5. The molecule has 2 aromatic heterocycles. The van der Waals surface area contributed by atoms with Gasteiger partial charge < -0.3 is 5.32 Å². The molecule has 8 nitrogen and oxygen atoms in total. The van der Waals surface area contributed by atoms with E-state index >= 15 is 0 Å². The number of fused-ring (bicyclic) bond motifs is 1. The Labute approximate surface area is 174 Å². The van der Waals surface area contributed by atoms with Crippen LogP contribution in [-0.2, 0) is 17.9 Å². The topological polar surface area (TPSA) is 94.7 Å². The number of nitrogens with one attached hydrogen (secondary N) is 1. The fourth-order valence-corrected chi connectivity index (χ4v) is 3.16. The number of aromatic nitrogens is 5. The number of halogens is 2. The molecular formula is C20H16ClFN6O2. The number of carbonyl (C=O) groups is 1. The summed E-state index contributed by atoms with van der Waals surface area (Å²) in [4.78, 5) is 29.2. The molecule has 4 rings (SSSR count). The van der Waals surface area contributed by atoms with Crippen LogP contribution in [0.5, 0.6) is 0 Å². The molecule has 0 aliphatic rings. The fraction of sp³-hybridized carbons (Fsp3) is 0.150. The predicted molar refractivity (Wildman–Crippen MR) is 110 cm³/mol. The minimum absolute atomic E-state index is 0.0729. The summed E-state index contributed by atoms with van der Waals surface area (Å²) in [6.45, 7) is 2.12. The van der Waals surface area contributed by atoms with Gasteiger partial charge in [0.15, 0.2) is 11.2 Å². The number of aryl methyl sites for hydroxylation is 1. The average Bonchev–Trinajstić information content (AvgIpc) is 3.12. The van der Waals surface area contributed by atoms with Crippen LogP contribution in [0.15, 0.2) is 53.6 Å². The molecule has 2 heterocycles. The first-order valence-corrected chi connectivity index (χ1v) is 9.38. The van der Waals surface area contributed by atoms with Crippen LogP contribution < -0.4 is 10.9 Å². The molecule has 4 aromatic rings. The third-order valence-electron chi connectivity index (χ3n) is 4.59. The predicted octanol–water partition coefficient (Wildman–Crippen LogP) is 2.78. The molecule has 0 saturated carbocycles. The summed E-state index contributed by atoms with van der Waals surface area (Å²) < 4.78 is 15.9. The maximum atomic E-state index is 13.2.